The lowest BCUT2D eigenvalue weighted by Gasteiger charge is -2.11. The molecule has 2 N–H and O–H groups in total. The van der Waals surface area contributed by atoms with E-state index in [4.69, 9.17) is 0 Å². The summed E-state index contributed by atoms with van der Waals surface area (Å²) in [4.78, 5) is 32.2. The van der Waals surface area contributed by atoms with Crippen molar-refractivity contribution < 1.29 is 9.59 Å². The number of amides is 2. The van der Waals surface area contributed by atoms with Crippen LogP contribution in [0.15, 0.2) is 18.3 Å². The van der Waals surface area contributed by atoms with E-state index in [0.717, 1.165) is 19.5 Å². The molecule has 1 aromatic rings. The first-order valence-electron chi connectivity index (χ1n) is 7.72. The molecule has 0 atom stereocenters. The zero-order valence-electron chi connectivity index (χ0n) is 14.4. The van der Waals surface area contributed by atoms with Gasteiger partial charge in [-0.25, -0.2) is 0 Å². The summed E-state index contributed by atoms with van der Waals surface area (Å²) < 4.78 is 0. The number of rotatable bonds is 9. The van der Waals surface area contributed by atoms with Gasteiger partial charge in [0.15, 0.2) is 0 Å². The molecular weight excluding hydrogens is 294 g/mol. The number of likely N-dealkylation sites (N-methyl/N-ethyl adjacent to an activating group) is 1. The molecule has 7 heteroatoms. The van der Waals surface area contributed by atoms with E-state index < -0.39 is 0 Å². The second kappa shape index (κ2) is 9.91. The molecule has 2 amide bonds. The fraction of sp³-hybridized carbons (Fsp3) is 0.562. The van der Waals surface area contributed by atoms with E-state index >= 15 is 0 Å². The van der Waals surface area contributed by atoms with Crippen LogP contribution < -0.4 is 10.6 Å². The van der Waals surface area contributed by atoms with Crippen molar-refractivity contribution in [2.75, 3.05) is 54.4 Å². The first-order chi connectivity index (χ1) is 10.9. The maximum absolute atomic E-state index is 12.0. The Labute approximate surface area is 138 Å². The van der Waals surface area contributed by atoms with E-state index in [2.05, 4.69) is 20.5 Å². The van der Waals surface area contributed by atoms with Crippen LogP contribution in [0.4, 0.5) is 0 Å². The lowest BCUT2D eigenvalue weighted by molar-refractivity contribution is 0.0947. The Morgan fingerprint density at radius 3 is 2.30 bits per heavy atom. The van der Waals surface area contributed by atoms with Gasteiger partial charge in [-0.3, -0.25) is 14.6 Å². The van der Waals surface area contributed by atoms with Gasteiger partial charge in [0, 0.05) is 31.4 Å². The van der Waals surface area contributed by atoms with Crippen molar-refractivity contribution in [1.29, 1.82) is 0 Å². The van der Waals surface area contributed by atoms with Crippen LogP contribution in [0.1, 0.15) is 27.3 Å². The molecule has 0 aromatic carbocycles. The van der Waals surface area contributed by atoms with Crippen LogP contribution in [0.25, 0.3) is 0 Å². The van der Waals surface area contributed by atoms with Crippen molar-refractivity contribution in [2.24, 2.45) is 0 Å². The molecule has 0 bridgehead atoms. The van der Waals surface area contributed by atoms with E-state index in [-0.39, 0.29) is 17.5 Å². The van der Waals surface area contributed by atoms with Gasteiger partial charge < -0.3 is 20.4 Å². The van der Waals surface area contributed by atoms with E-state index in [0.29, 0.717) is 18.7 Å². The molecule has 1 aromatic heterocycles. The van der Waals surface area contributed by atoms with Crippen molar-refractivity contribution in [3.05, 3.63) is 29.6 Å². The second-order valence-electron chi connectivity index (χ2n) is 5.90. The number of nitrogens with one attached hydrogen (secondary N) is 2. The molecule has 0 saturated carbocycles. The lowest BCUT2D eigenvalue weighted by Crippen LogP contribution is -2.32. The molecule has 0 fully saturated rings. The highest BCUT2D eigenvalue weighted by Crippen LogP contribution is 2.02. The van der Waals surface area contributed by atoms with Crippen LogP contribution >= 0.6 is 0 Å². The summed E-state index contributed by atoms with van der Waals surface area (Å²) >= 11 is 0. The Balaban J connectivity index is 2.51. The minimum absolute atomic E-state index is 0.198. The van der Waals surface area contributed by atoms with Crippen LogP contribution in [0.3, 0.4) is 0 Å². The number of nitrogens with zero attached hydrogens (tertiary/aromatic N) is 3. The number of aromatic nitrogens is 1. The molecule has 0 spiro atoms. The fourth-order valence-corrected chi connectivity index (χ4v) is 1.88. The molecule has 0 saturated heterocycles. The molecular formula is C16H27N5O2. The maximum Gasteiger partial charge on any atom is 0.269 e. The molecule has 0 aliphatic carbocycles. The standard InChI is InChI=1S/C16H27N5O2/c1-20(2)10-5-7-18-16(23)14-12-13(6-8-17-14)15(22)19-9-11-21(3)4/h6,8,12H,5,7,9-11H2,1-4H3,(H,18,23)(H,19,22). The number of carbonyl (C=O) groups is 2. The predicted molar refractivity (Wildman–Crippen MR) is 90.6 cm³/mol. The van der Waals surface area contributed by atoms with Gasteiger partial charge in [-0.05, 0) is 53.3 Å². The van der Waals surface area contributed by atoms with Crippen molar-refractivity contribution in [2.45, 2.75) is 6.42 Å². The Morgan fingerprint density at radius 1 is 1.00 bits per heavy atom. The zero-order chi connectivity index (χ0) is 17.2. The van der Waals surface area contributed by atoms with E-state index in [9.17, 15) is 9.59 Å². The van der Waals surface area contributed by atoms with Gasteiger partial charge >= 0.3 is 0 Å². The average molecular weight is 321 g/mol. The third-order valence-corrected chi connectivity index (χ3v) is 3.17. The molecule has 0 aliphatic heterocycles. The van der Waals surface area contributed by atoms with Crippen molar-refractivity contribution in [1.82, 2.24) is 25.4 Å². The van der Waals surface area contributed by atoms with Gasteiger partial charge in [-0.1, -0.05) is 0 Å². The van der Waals surface area contributed by atoms with E-state index in [1.807, 2.05) is 33.1 Å². The van der Waals surface area contributed by atoms with Gasteiger partial charge in [0.2, 0.25) is 0 Å². The summed E-state index contributed by atoms with van der Waals surface area (Å²) in [6, 6.07) is 3.13. The number of pyridine rings is 1. The van der Waals surface area contributed by atoms with Crippen LogP contribution in [-0.2, 0) is 0 Å². The highest BCUT2D eigenvalue weighted by atomic mass is 16.2. The predicted octanol–water partition coefficient (Wildman–Crippen LogP) is 0.0545. The Hall–Kier alpha value is -1.99. The topological polar surface area (TPSA) is 77.6 Å². The van der Waals surface area contributed by atoms with Crippen molar-refractivity contribution >= 4 is 11.8 Å². The summed E-state index contributed by atoms with van der Waals surface area (Å²) in [5, 5.41) is 5.63. The summed E-state index contributed by atoms with van der Waals surface area (Å²) in [6.45, 7) is 2.80. The van der Waals surface area contributed by atoms with E-state index in [1.54, 1.807) is 6.07 Å². The zero-order valence-corrected chi connectivity index (χ0v) is 14.4. The molecule has 7 nitrogen and oxygen atoms in total. The summed E-state index contributed by atoms with van der Waals surface area (Å²) in [7, 11) is 7.86. The number of carbonyl (C=O) groups excluding carboxylic acids is 2. The number of hydrogen-bond donors (Lipinski definition) is 2. The van der Waals surface area contributed by atoms with Gasteiger partial charge in [0.25, 0.3) is 11.8 Å². The first-order valence-corrected chi connectivity index (χ1v) is 7.72. The minimum Gasteiger partial charge on any atom is -0.351 e. The molecule has 0 unspecified atom stereocenters. The van der Waals surface area contributed by atoms with Gasteiger partial charge in [0.05, 0.1) is 0 Å². The van der Waals surface area contributed by atoms with Crippen molar-refractivity contribution in [3.63, 3.8) is 0 Å². The summed E-state index contributed by atoms with van der Waals surface area (Å²) in [6.07, 6.45) is 2.35. The summed E-state index contributed by atoms with van der Waals surface area (Å²) in [5.41, 5.74) is 0.701. The van der Waals surface area contributed by atoms with Crippen LogP contribution in [-0.4, -0.2) is 81.0 Å². The van der Waals surface area contributed by atoms with Gasteiger partial charge in [-0.15, -0.1) is 0 Å². The van der Waals surface area contributed by atoms with E-state index in [1.165, 1.54) is 12.3 Å². The average Bonchev–Trinajstić information content (AvgIpc) is 2.50. The normalized spacial score (nSPS) is 10.9. The number of hydrogen-bond acceptors (Lipinski definition) is 5. The Kier molecular flexibility index (Phi) is 8.21. The minimum atomic E-state index is -0.258. The largest absolute Gasteiger partial charge is 0.351 e. The monoisotopic (exact) mass is 321 g/mol. The third-order valence-electron chi connectivity index (χ3n) is 3.17. The summed E-state index contributed by atoms with van der Waals surface area (Å²) in [5.74, 6) is -0.456. The molecule has 128 valence electrons. The third kappa shape index (κ3) is 7.71. The smallest absolute Gasteiger partial charge is 0.269 e. The Morgan fingerprint density at radius 2 is 1.65 bits per heavy atom. The molecule has 1 heterocycles. The van der Waals surface area contributed by atoms with Gasteiger partial charge in [-0.2, -0.15) is 0 Å². The molecule has 0 aliphatic rings. The molecule has 23 heavy (non-hydrogen) atoms. The Bertz CT molecular complexity index is 517. The van der Waals surface area contributed by atoms with Crippen LogP contribution in [0.2, 0.25) is 0 Å². The lowest BCUT2D eigenvalue weighted by atomic mass is 10.2. The maximum atomic E-state index is 12.0. The van der Waals surface area contributed by atoms with Crippen molar-refractivity contribution in [3.8, 4) is 0 Å². The quantitative estimate of drug-likeness (QED) is 0.629. The first kappa shape index (κ1) is 19.1. The fourth-order valence-electron chi connectivity index (χ4n) is 1.88. The van der Waals surface area contributed by atoms with Gasteiger partial charge in [0.1, 0.15) is 5.69 Å². The highest BCUT2D eigenvalue weighted by Gasteiger charge is 2.11. The highest BCUT2D eigenvalue weighted by molar-refractivity contribution is 5.98. The second-order valence-corrected chi connectivity index (χ2v) is 5.90. The SMILES string of the molecule is CN(C)CCCNC(=O)c1cc(C(=O)NCCN(C)C)ccn1. The van der Waals surface area contributed by atoms with Crippen LogP contribution in [0.5, 0.6) is 0 Å². The van der Waals surface area contributed by atoms with Crippen LogP contribution in [0, 0.1) is 0 Å². The molecule has 0 radical (unpaired) electrons. The molecule has 1 rings (SSSR count).